The molecule has 20 heavy (non-hydrogen) atoms. The third kappa shape index (κ3) is 1.85. The number of nitrogens with zero attached hydrogens (tertiary/aromatic N) is 2. The standard InChI is InChI=1S/C16H22FN3/c1-10(2)20-13-7-6-11(17)9-12(13)19-15(20)16(3)8-4-5-14(16)18/h6-7,9-10,14H,4-5,8,18H2,1-3H3. The molecule has 2 N–H and O–H groups in total. The predicted octanol–water partition coefficient (Wildman–Crippen LogP) is 3.53. The van der Waals surface area contributed by atoms with Gasteiger partial charge in [-0.2, -0.15) is 0 Å². The van der Waals surface area contributed by atoms with E-state index in [1.54, 1.807) is 0 Å². The SMILES string of the molecule is CC(C)n1c(C2(C)CCCC2N)nc2cc(F)ccc21. The summed E-state index contributed by atoms with van der Waals surface area (Å²) in [7, 11) is 0. The van der Waals surface area contributed by atoms with Gasteiger partial charge in [-0.3, -0.25) is 0 Å². The van der Waals surface area contributed by atoms with Crippen LogP contribution < -0.4 is 5.73 Å². The summed E-state index contributed by atoms with van der Waals surface area (Å²) in [5, 5.41) is 0. The number of hydrogen-bond acceptors (Lipinski definition) is 2. The van der Waals surface area contributed by atoms with Crippen molar-refractivity contribution in [3.63, 3.8) is 0 Å². The molecule has 0 aliphatic heterocycles. The minimum absolute atomic E-state index is 0.111. The van der Waals surface area contributed by atoms with Gasteiger partial charge >= 0.3 is 0 Å². The highest BCUT2D eigenvalue weighted by atomic mass is 19.1. The van der Waals surface area contributed by atoms with Crippen molar-refractivity contribution in [2.75, 3.05) is 0 Å². The van der Waals surface area contributed by atoms with E-state index >= 15 is 0 Å². The second-order valence-electron chi connectivity index (χ2n) is 6.45. The Morgan fingerprint density at radius 2 is 2.20 bits per heavy atom. The second kappa shape index (κ2) is 4.55. The van der Waals surface area contributed by atoms with Crippen LogP contribution in [0.5, 0.6) is 0 Å². The first-order valence-electron chi connectivity index (χ1n) is 7.37. The average molecular weight is 275 g/mol. The van der Waals surface area contributed by atoms with Crippen LogP contribution in [0.3, 0.4) is 0 Å². The van der Waals surface area contributed by atoms with Crippen LogP contribution in [0.2, 0.25) is 0 Å². The molecule has 0 amide bonds. The largest absolute Gasteiger partial charge is 0.327 e. The summed E-state index contributed by atoms with van der Waals surface area (Å²) in [4.78, 5) is 4.74. The first kappa shape index (κ1) is 13.6. The number of imidazole rings is 1. The molecule has 0 radical (unpaired) electrons. The predicted molar refractivity (Wildman–Crippen MR) is 79.3 cm³/mol. The highest BCUT2D eigenvalue weighted by Gasteiger charge is 2.42. The number of nitrogens with two attached hydrogens (primary N) is 1. The zero-order valence-corrected chi connectivity index (χ0v) is 12.4. The van der Waals surface area contributed by atoms with Crippen LogP contribution in [0.1, 0.15) is 51.9 Å². The normalized spacial score (nSPS) is 26.8. The third-order valence-corrected chi connectivity index (χ3v) is 4.71. The van der Waals surface area contributed by atoms with Crippen LogP contribution in [0.25, 0.3) is 11.0 Å². The van der Waals surface area contributed by atoms with Gasteiger partial charge in [-0.05, 0) is 38.8 Å². The Morgan fingerprint density at radius 1 is 1.45 bits per heavy atom. The minimum atomic E-state index is -0.238. The summed E-state index contributed by atoms with van der Waals surface area (Å²) in [5.41, 5.74) is 7.95. The molecule has 1 heterocycles. The highest BCUT2D eigenvalue weighted by molar-refractivity contribution is 5.76. The Morgan fingerprint density at radius 3 is 2.80 bits per heavy atom. The number of benzene rings is 1. The molecule has 2 atom stereocenters. The van der Waals surface area contributed by atoms with Gasteiger partial charge in [0, 0.05) is 23.6 Å². The third-order valence-electron chi connectivity index (χ3n) is 4.71. The number of fused-ring (bicyclic) bond motifs is 1. The molecule has 1 aromatic heterocycles. The fraction of sp³-hybridized carbons (Fsp3) is 0.562. The van der Waals surface area contributed by atoms with Crippen LogP contribution in [-0.4, -0.2) is 15.6 Å². The molecule has 108 valence electrons. The summed E-state index contributed by atoms with van der Waals surface area (Å²) in [6.07, 6.45) is 3.21. The summed E-state index contributed by atoms with van der Waals surface area (Å²) in [5.74, 6) is 0.774. The molecule has 1 aliphatic rings. The lowest BCUT2D eigenvalue weighted by Crippen LogP contribution is -2.40. The first-order valence-corrected chi connectivity index (χ1v) is 7.37. The molecule has 4 heteroatoms. The summed E-state index contributed by atoms with van der Waals surface area (Å²) >= 11 is 0. The van der Waals surface area contributed by atoms with Crippen molar-refractivity contribution in [2.45, 2.75) is 57.5 Å². The molecular formula is C16H22FN3. The highest BCUT2D eigenvalue weighted by Crippen LogP contribution is 2.41. The van der Waals surface area contributed by atoms with Crippen LogP contribution in [0.4, 0.5) is 4.39 Å². The maximum atomic E-state index is 13.5. The van der Waals surface area contributed by atoms with E-state index in [1.807, 2.05) is 6.07 Å². The molecule has 1 saturated carbocycles. The fourth-order valence-electron chi connectivity index (χ4n) is 3.47. The Bertz CT molecular complexity index is 646. The lowest BCUT2D eigenvalue weighted by Gasteiger charge is -2.30. The van der Waals surface area contributed by atoms with Crippen LogP contribution in [0, 0.1) is 5.82 Å². The molecule has 0 spiro atoms. The summed E-state index contributed by atoms with van der Waals surface area (Å²) in [6.45, 7) is 6.47. The van der Waals surface area contributed by atoms with Gasteiger partial charge in [-0.1, -0.05) is 13.3 Å². The van der Waals surface area contributed by atoms with E-state index in [2.05, 4.69) is 25.3 Å². The zero-order valence-electron chi connectivity index (χ0n) is 12.4. The Kier molecular flexibility index (Phi) is 3.09. The molecule has 0 bridgehead atoms. The van der Waals surface area contributed by atoms with Gasteiger partial charge in [0.25, 0.3) is 0 Å². The fourth-order valence-corrected chi connectivity index (χ4v) is 3.47. The van der Waals surface area contributed by atoms with Crippen molar-refractivity contribution in [1.82, 2.24) is 9.55 Å². The first-order chi connectivity index (χ1) is 9.43. The molecule has 1 fully saturated rings. The Balaban J connectivity index is 2.27. The molecule has 2 aromatic rings. The lowest BCUT2D eigenvalue weighted by molar-refractivity contribution is 0.378. The number of aromatic nitrogens is 2. The number of hydrogen-bond donors (Lipinski definition) is 1. The van der Waals surface area contributed by atoms with Gasteiger partial charge in [-0.15, -0.1) is 0 Å². The summed E-state index contributed by atoms with van der Waals surface area (Å²) < 4.78 is 15.7. The van der Waals surface area contributed by atoms with E-state index in [9.17, 15) is 4.39 Å². The van der Waals surface area contributed by atoms with Gasteiger partial charge < -0.3 is 10.3 Å². The molecule has 1 aromatic carbocycles. The Hall–Kier alpha value is -1.42. The van der Waals surface area contributed by atoms with Gasteiger partial charge in [0.2, 0.25) is 0 Å². The van der Waals surface area contributed by atoms with Crippen molar-refractivity contribution in [3.05, 3.63) is 29.8 Å². The number of rotatable bonds is 2. The van der Waals surface area contributed by atoms with Gasteiger partial charge in [0.1, 0.15) is 11.6 Å². The molecular weight excluding hydrogens is 253 g/mol. The number of halogens is 1. The molecule has 1 aliphatic carbocycles. The maximum Gasteiger partial charge on any atom is 0.125 e. The molecule has 2 unspecified atom stereocenters. The molecule has 3 nitrogen and oxygen atoms in total. The topological polar surface area (TPSA) is 43.8 Å². The van der Waals surface area contributed by atoms with Crippen molar-refractivity contribution >= 4 is 11.0 Å². The Labute approximate surface area is 119 Å². The smallest absolute Gasteiger partial charge is 0.125 e. The zero-order chi connectivity index (χ0) is 14.5. The van der Waals surface area contributed by atoms with Crippen molar-refractivity contribution in [1.29, 1.82) is 0 Å². The minimum Gasteiger partial charge on any atom is -0.327 e. The van der Waals surface area contributed by atoms with Crippen molar-refractivity contribution in [2.24, 2.45) is 5.73 Å². The lowest BCUT2D eigenvalue weighted by atomic mass is 9.84. The second-order valence-corrected chi connectivity index (χ2v) is 6.45. The van der Waals surface area contributed by atoms with Crippen LogP contribution in [-0.2, 0) is 5.41 Å². The maximum absolute atomic E-state index is 13.5. The van der Waals surface area contributed by atoms with E-state index in [-0.39, 0.29) is 23.3 Å². The van der Waals surface area contributed by atoms with Gasteiger partial charge in [-0.25, -0.2) is 9.37 Å². The van der Waals surface area contributed by atoms with E-state index < -0.39 is 0 Å². The van der Waals surface area contributed by atoms with Crippen molar-refractivity contribution in [3.8, 4) is 0 Å². The van der Waals surface area contributed by atoms with E-state index in [1.165, 1.54) is 12.1 Å². The van der Waals surface area contributed by atoms with Gasteiger partial charge in [0.05, 0.1) is 11.0 Å². The summed E-state index contributed by atoms with van der Waals surface area (Å²) in [6, 6.07) is 5.25. The monoisotopic (exact) mass is 275 g/mol. The average Bonchev–Trinajstić information content (AvgIpc) is 2.91. The molecule has 3 rings (SSSR count). The quantitative estimate of drug-likeness (QED) is 0.911. The van der Waals surface area contributed by atoms with Gasteiger partial charge in [0.15, 0.2) is 0 Å². The van der Waals surface area contributed by atoms with E-state index in [4.69, 9.17) is 10.7 Å². The van der Waals surface area contributed by atoms with Crippen molar-refractivity contribution < 1.29 is 4.39 Å². The van der Waals surface area contributed by atoms with Crippen LogP contribution >= 0.6 is 0 Å². The van der Waals surface area contributed by atoms with E-state index in [0.29, 0.717) is 0 Å². The van der Waals surface area contributed by atoms with E-state index in [0.717, 1.165) is 36.1 Å². The van der Waals surface area contributed by atoms with Crippen LogP contribution in [0.15, 0.2) is 18.2 Å². The molecule has 0 saturated heterocycles.